The van der Waals surface area contributed by atoms with Gasteiger partial charge in [0.1, 0.15) is 6.10 Å². The van der Waals surface area contributed by atoms with Crippen LogP contribution in [0.4, 0.5) is 0 Å². The summed E-state index contributed by atoms with van der Waals surface area (Å²) in [6, 6.07) is 0. The van der Waals surface area contributed by atoms with Crippen LogP contribution in [0.5, 0.6) is 0 Å². The third-order valence-electron chi connectivity index (χ3n) is 6.14. The van der Waals surface area contributed by atoms with Crippen molar-refractivity contribution in [2.75, 3.05) is 0 Å². The molecule has 0 aromatic carbocycles. The fourth-order valence-corrected chi connectivity index (χ4v) is 4.56. The molecule has 0 saturated heterocycles. The molecule has 0 fully saturated rings. The van der Waals surface area contributed by atoms with Gasteiger partial charge in [-0.3, -0.25) is 0 Å². The number of hydrogen-bond acceptors (Lipinski definition) is 3. The van der Waals surface area contributed by atoms with Crippen LogP contribution in [-0.2, 0) is 14.0 Å². The van der Waals surface area contributed by atoms with Gasteiger partial charge in [0, 0.05) is 18.1 Å². The van der Waals surface area contributed by atoms with E-state index in [4.69, 9.17) is 9.16 Å². The maximum Gasteiger partial charge on any atom is 0.331 e. The lowest BCUT2D eigenvalue weighted by Crippen LogP contribution is -2.44. The Bertz CT molecular complexity index is 649. The van der Waals surface area contributed by atoms with Crippen molar-refractivity contribution in [1.29, 1.82) is 0 Å². The molecule has 0 unspecified atom stereocenters. The molecule has 164 valence electrons. The molecular weight excluding hydrogens is 376 g/mol. The fraction of sp³-hybridized carbons (Fsp3) is 0.640. The summed E-state index contributed by atoms with van der Waals surface area (Å²) in [4.78, 5) is 12.3. The maximum atomic E-state index is 12.3. The SMILES string of the molecule is C/C(=C\[C@H](C)[C@@H](C)O[Si](C)(C)C(C)(C)C)[C@@H]1OC(=O)/C=C/CC/C=C/C=C\[C@@H]1C. The van der Waals surface area contributed by atoms with Gasteiger partial charge in [-0.05, 0) is 56.3 Å². The predicted octanol–water partition coefficient (Wildman–Crippen LogP) is 6.99. The van der Waals surface area contributed by atoms with Gasteiger partial charge < -0.3 is 9.16 Å². The van der Waals surface area contributed by atoms with Gasteiger partial charge >= 0.3 is 5.97 Å². The van der Waals surface area contributed by atoms with Crippen LogP contribution in [0.1, 0.15) is 61.3 Å². The van der Waals surface area contributed by atoms with Gasteiger partial charge in [-0.15, -0.1) is 0 Å². The lowest BCUT2D eigenvalue weighted by molar-refractivity contribution is -0.142. The largest absolute Gasteiger partial charge is 0.454 e. The Morgan fingerprint density at radius 3 is 2.45 bits per heavy atom. The summed E-state index contributed by atoms with van der Waals surface area (Å²) < 4.78 is 12.4. The molecule has 1 rings (SSSR count). The van der Waals surface area contributed by atoms with E-state index in [1.54, 1.807) is 6.08 Å². The lowest BCUT2D eigenvalue weighted by atomic mass is 9.93. The van der Waals surface area contributed by atoms with Crippen molar-refractivity contribution in [3.63, 3.8) is 0 Å². The molecule has 4 heteroatoms. The molecule has 3 nitrogen and oxygen atoms in total. The third-order valence-corrected chi connectivity index (χ3v) is 10.7. The average Bonchev–Trinajstić information content (AvgIpc) is 2.58. The molecule has 0 aromatic rings. The van der Waals surface area contributed by atoms with Crippen LogP contribution in [-0.4, -0.2) is 26.5 Å². The van der Waals surface area contributed by atoms with E-state index in [1.165, 1.54) is 0 Å². The standard InChI is InChI=1S/C25H42O3Si/c1-19-16-14-12-10-11-13-15-17-23(26)27-24(19)21(3)18-20(2)22(4)28-29(8,9)25(5,6)7/h10,12,14-20,22,24H,11,13H2,1-9H3/b12-10+,16-14-,17-15+,21-18+/t19-,20-,22+,24+/m0/s1. The zero-order valence-electron chi connectivity index (χ0n) is 20.0. The van der Waals surface area contributed by atoms with Gasteiger partial charge in [-0.2, -0.15) is 0 Å². The Kier molecular flexibility index (Phi) is 9.83. The van der Waals surface area contributed by atoms with E-state index in [0.717, 1.165) is 18.4 Å². The van der Waals surface area contributed by atoms with Crippen molar-refractivity contribution in [1.82, 2.24) is 0 Å². The number of cyclic esters (lactones) is 1. The molecule has 1 heterocycles. The molecule has 0 saturated carbocycles. The van der Waals surface area contributed by atoms with E-state index in [-0.39, 0.29) is 35.1 Å². The molecule has 1 aliphatic rings. The van der Waals surface area contributed by atoms with E-state index in [2.05, 4.69) is 91.9 Å². The molecule has 4 atom stereocenters. The van der Waals surface area contributed by atoms with E-state index >= 15 is 0 Å². The number of rotatable bonds is 5. The summed E-state index contributed by atoms with van der Waals surface area (Å²) in [7, 11) is -1.83. The molecule has 1 aliphatic heterocycles. The Labute approximate surface area is 180 Å². The Morgan fingerprint density at radius 2 is 1.83 bits per heavy atom. The summed E-state index contributed by atoms with van der Waals surface area (Å²) in [5.41, 5.74) is 1.07. The van der Waals surface area contributed by atoms with E-state index in [1.807, 2.05) is 6.08 Å². The van der Waals surface area contributed by atoms with Crippen LogP contribution in [0.3, 0.4) is 0 Å². The zero-order valence-corrected chi connectivity index (χ0v) is 21.0. The smallest absolute Gasteiger partial charge is 0.331 e. The van der Waals surface area contributed by atoms with Gasteiger partial charge in [0.15, 0.2) is 8.32 Å². The van der Waals surface area contributed by atoms with Crippen LogP contribution >= 0.6 is 0 Å². The average molecular weight is 419 g/mol. The van der Waals surface area contributed by atoms with E-state index in [9.17, 15) is 4.79 Å². The molecule has 0 spiro atoms. The Balaban J connectivity index is 3.00. The van der Waals surface area contributed by atoms with Crippen molar-refractivity contribution in [2.45, 2.75) is 91.6 Å². The van der Waals surface area contributed by atoms with Gasteiger partial charge in [0.25, 0.3) is 0 Å². The highest BCUT2D eigenvalue weighted by molar-refractivity contribution is 6.74. The van der Waals surface area contributed by atoms with Crippen molar-refractivity contribution in [2.24, 2.45) is 11.8 Å². The molecule has 0 amide bonds. The van der Waals surface area contributed by atoms with Crippen molar-refractivity contribution in [3.05, 3.63) is 48.1 Å². The first-order valence-electron chi connectivity index (χ1n) is 10.9. The second kappa shape index (κ2) is 11.1. The maximum absolute atomic E-state index is 12.3. The summed E-state index contributed by atoms with van der Waals surface area (Å²) in [5.74, 6) is 0.0538. The topological polar surface area (TPSA) is 35.5 Å². The first kappa shape index (κ1) is 25.6. The van der Waals surface area contributed by atoms with Gasteiger partial charge in [0.2, 0.25) is 0 Å². The molecule has 0 N–H and O–H groups in total. The van der Waals surface area contributed by atoms with Crippen LogP contribution in [0.15, 0.2) is 48.1 Å². The van der Waals surface area contributed by atoms with Crippen molar-refractivity contribution in [3.8, 4) is 0 Å². The highest BCUT2D eigenvalue weighted by Gasteiger charge is 2.39. The van der Waals surface area contributed by atoms with Gasteiger partial charge in [-0.1, -0.05) is 71.1 Å². The van der Waals surface area contributed by atoms with Crippen LogP contribution in [0.25, 0.3) is 0 Å². The molecule has 29 heavy (non-hydrogen) atoms. The predicted molar refractivity (Wildman–Crippen MR) is 126 cm³/mol. The normalized spacial score (nSPS) is 27.8. The molecule has 0 radical (unpaired) electrons. The summed E-state index contributed by atoms with van der Waals surface area (Å²) in [6.07, 6.45) is 15.6. The summed E-state index contributed by atoms with van der Waals surface area (Å²) in [5, 5.41) is 0.182. The minimum atomic E-state index is -1.83. The quantitative estimate of drug-likeness (QED) is 0.274. The molecule has 0 aliphatic carbocycles. The number of hydrogen-bond donors (Lipinski definition) is 0. The third kappa shape index (κ3) is 8.47. The minimum absolute atomic E-state index is 0.0940. The number of carbonyl (C=O) groups is 1. The van der Waals surface area contributed by atoms with Gasteiger partial charge in [-0.25, -0.2) is 4.79 Å². The number of esters is 1. The van der Waals surface area contributed by atoms with Crippen LogP contribution in [0, 0.1) is 11.8 Å². The van der Waals surface area contributed by atoms with Gasteiger partial charge in [0.05, 0.1) is 0 Å². The summed E-state index contributed by atoms with van der Waals surface area (Å²) >= 11 is 0. The van der Waals surface area contributed by atoms with Crippen molar-refractivity contribution >= 4 is 14.3 Å². The zero-order chi connectivity index (χ0) is 22.2. The number of carbonyl (C=O) groups excluding carboxylic acids is 1. The Morgan fingerprint density at radius 1 is 1.21 bits per heavy atom. The molecular formula is C25H42O3Si. The number of allylic oxidation sites excluding steroid dienone is 4. The first-order chi connectivity index (χ1) is 13.3. The molecule has 0 aromatic heterocycles. The second-order valence-corrected chi connectivity index (χ2v) is 14.6. The Hall–Kier alpha value is -1.39. The van der Waals surface area contributed by atoms with Crippen molar-refractivity contribution < 1.29 is 14.0 Å². The minimum Gasteiger partial charge on any atom is -0.454 e. The van der Waals surface area contributed by atoms with E-state index < -0.39 is 8.32 Å². The fourth-order valence-electron chi connectivity index (χ4n) is 3.06. The highest BCUT2D eigenvalue weighted by atomic mass is 28.4. The first-order valence-corrected chi connectivity index (χ1v) is 13.8. The monoisotopic (exact) mass is 418 g/mol. The van der Waals surface area contributed by atoms with E-state index in [0.29, 0.717) is 0 Å². The summed E-state index contributed by atoms with van der Waals surface area (Å²) in [6.45, 7) is 19.8. The van der Waals surface area contributed by atoms with Crippen LogP contribution < -0.4 is 0 Å². The second-order valence-electron chi connectivity index (χ2n) is 9.86. The van der Waals surface area contributed by atoms with Crippen LogP contribution in [0.2, 0.25) is 18.1 Å². The number of ether oxygens (including phenoxy) is 1. The highest BCUT2D eigenvalue weighted by Crippen LogP contribution is 2.38. The molecule has 0 bridgehead atoms. The lowest BCUT2D eigenvalue weighted by Gasteiger charge is -2.39.